The van der Waals surface area contributed by atoms with Gasteiger partial charge in [-0.3, -0.25) is 0 Å². The van der Waals surface area contributed by atoms with Gasteiger partial charge in [0.25, 0.3) is 0 Å². The van der Waals surface area contributed by atoms with Crippen LogP contribution in [0.25, 0.3) is 22.4 Å². The summed E-state index contributed by atoms with van der Waals surface area (Å²) >= 11 is 0. The summed E-state index contributed by atoms with van der Waals surface area (Å²) in [4.78, 5) is -1.22. The van der Waals surface area contributed by atoms with Crippen molar-refractivity contribution < 1.29 is 34.9 Å². The molecule has 0 spiro atoms. The van der Waals surface area contributed by atoms with Crippen LogP contribution in [-0.2, 0) is 16.2 Å². The van der Waals surface area contributed by atoms with Gasteiger partial charge in [0.05, 0.1) is 17.2 Å². The van der Waals surface area contributed by atoms with Crippen LogP contribution in [0.2, 0.25) is 0 Å². The van der Waals surface area contributed by atoms with Crippen LogP contribution < -0.4 is 5.14 Å². The lowest BCUT2D eigenvalue weighted by Crippen LogP contribution is -2.15. The number of primary sulfonamides is 1. The van der Waals surface area contributed by atoms with Crippen LogP contribution in [0.15, 0.2) is 45.8 Å². The molecule has 1 aromatic heterocycles. The molecule has 3 rings (SSSR count). The smallest absolute Gasteiger partial charge is 0.350 e. The third-order valence-corrected chi connectivity index (χ3v) is 4.76. The first kappa shape index (κ1) is 20.4. The van der Waals surface area contributed by atoms with Crippen LogP contribution in [0, 0.1) is 23.0 Å². The normalized spacial score (nSPS) is 12.0. The highest BCUT2D eigenvalue weighted by atomic mass is 32.2. The van der Waals surface area contributed by atoms with E-state index in [-0.39, 0.29) is 23.3 Å². The Kier molecular flexibility index (Phi) is 4.89. The Bertz CT molecular complexity index is 1240. The predicted octanol–water partition coefficient (Wildman–Crippen LogP) is 3.82. The zero-order chi connectivity index (χ0) is 21.6. The second-order valence-corrected chi connectivity index (χ2v) is 7.26. The molecule has 2 N–H and O–H groups in total. The molecule has 12 heteroatoms. The molecule has 0 saturated heterocycles. The average molecular weight is 429 g/mol. The van der Waals surface area contributed by atoms with Gasteiger partial charge < -0.3 is 4.52 Å². The van der Waals surface area contributed by atoms with Gasteiger partial charge in [-0.15, -0.1) is 0 Å². The van der Waals surface area contributed by atoms with E-state index >= 15 is 0 Å². The van der Waals surface area contributed by atoms with Gasteiger partial charge in [0, 0.05) is 11.1 Å². The van der Waals surface area contributed by atoms with E-state index in [0.717, 1.165) is 0 Å². The van der Waals surface area contributed by atoms with Crippen LogP contribution in [0.1, 0.15) is 11.3 Å². The second kappa shape index (κ2) is 6.94. The fourth-order valence-corrected chi connectivity index (χ4v) is 3.17. The molecule has 0 amide bonds. The molecule has 6 nitrogen and oxygen atoms in total. The van der Waals surface area contributed by atoms with E-state index in [9.17, 15) is 30.4 Å². The summed E-state index contributed by atoms with van der Waals surface area (Å²) in [7, 11) is -4.66. The monoisotopic (exact) mass is 429 g/mol. The molecule has 0 aliphatic rings. The summed E-state index contributed by atoms with van der Waals surface area (Å²) in [5.41, 5.74) is -2.12. The number of aromatic nitrogens is 1. The van der Waals surface area contributed by atoms with E-state index in [1.165, 1.54) is 24.3 Å². The maximum Gasteiger partial charge on any atom is 0.453 e. The molecule has 0 unspecified atom stereocenters. The van der Waals surface area contributed by atoms with Crippen LogP contribution in [0.3, 0.4) is 0 Å². The lowest BCUT2D eigenvalue weighted by molar-refractivity contribution is -0.154. The van der Waals surface area contributed by atoms with Crippen molar-refractivity contribution in [1.29, 1.82) is 5.26 Å². The minimum Gasteiger partial charge on any atom is -0.350 e. The Balaban J connectivity index is 2.32. The Morgan fingerprint density at radius 1 is 1.07 bits per heavy atom. The summed E-state index contributed by atoms with van der Waals surface area (Å²) in [5.74, 6) is -4.75. The van der Waals surface area contributed by atoms with Crippen LogP contribution in [0.5, 0.6) is 0 Å². The zero-order valence-electron chi connectivity index (χ0n) is 14.0. The molecule has 0 bridgehead atoms. The maximum absolute atomic E-state index is 14.5. The Hall–Kier alpha value is -3.30. The molecule has 0 atom stereocenters. The first-order valence-electron chi connectivity index (χ1n) is 7.53. The van der Waals surface area contributed by atoms with Gasteiger partial charge >= 0.3 is 6.18 Å². The fourth-order valence-electron chi connectivity index (χ4n) is 2.57. The lowest BCUT2D eigenvalue weighted by atomic mass is 9.97. The van der Waals surface area contributed by atoms with Crippen molar-refractivity contribution in [2.75, 3.05) is 0 Å². The Labute approximate surface area is 160 Å². The highest BCUT2D eigenvalue weighted by Gasteiger charge is 2.42. The third kappa shape index (κ3) is 3.82. The number of nitrogens with two attached hydrogens (primary N) is 1. The Morgan fingerprint density at radius 2 is 1.69 bits per heavy atom. The van der Waals surface area contributed by atoms with Crippen molar-refractivity contribution in [2.45, 2.75) is 11.1 Å². The first-order chi connectivity index (χ1) is 13.4. The number of alkyl halides is 3. The maximum atomic E-state index is 14.5. The summed E-state index contributed by atoms with van der Waals surface area (Å²) in [6.07, 6.45) is -5.12. The third-order valence-electron chi connectivity index (χ3n) is 3.83. The van der Waals surface area contributed by atoms with Crippen molar-refractivity contribution in [3.8, 4) is 28.5 Å². The molecule has 29 heavy (non-hydrogen) atoms. The van der Waals surface area contributed by atoms with Crippen LogP contribution in [-0.4, -0.2) is 13.6 Å². The largest absolute Gasteiger partial charge is 0.453 e. The van der Waals surface area contributed by atoms with E-state index in [2.05, 4.69) is 9.68 Å². The summed E-state index contributed by atoms with van der Waals surface area (Å²) in [6.45, 7) is 0. The predicted molar refractivity (Wildman–Crippen MR) is 88.4 cm³/mol. The fraction of sp³-hybridized carbons (Fsp3) is 0.0588. The van der Waals surface area contributed by atoms with Crippen LogP contribution >= 0.6 is 0 Å². The number of halogens is 5. The summed E-state index contributed by atoms with van der Waals surface area (Å²) in [6, 6.07) is 7.31. The van der Waals surface area contributed by atoms with Gasteiger partial charge in [-0.05, 0) is 24.3 Å². The van der Waals surface area contributed by atoms with E-state index in [4.69, 9.17) is 10.4 Å². The van der Waals surface area contributed by atoms with Crippen molar-refractivity contribution in [3.05, 3.63) is 59.4 Å². The van der Waals surface area contributed by atoms with Crippen molar-refractivity contribution >= 4 is 10.0 Å². The minimum absolute atomic E-state index is 0.0218. The van der Waals surface area contributed by atoms with E-state index in [0.29, 0.717) is 0 Å². The van der Waals surface area contributed by atoms with E-state index in [1.807, 2.05) is 6.07 Å². The van der Waals surface area contributed by atoms with Crippen molar-refractivity contribution in [3.63, 3.8) is 0 Å². The number of sulfonamides is 1. The molecule has 2 aromatic carbocycles. The molecular weight excluding hydrogens is 421 g/mol. The number of nitrogens with zero attached hydrogens (tertiary/aromatic N) is 2. The highest BCUT2D eigenvalue weighted by Crippen LogP contribution is 2.44. The van der Waals surface area contributed by atoms with Crippen LogP contribution in [0.4, 0.5) is 22.0 Å². The molecule has 0 aliphatic heterocycles. The van der Waals surface area contributed by atoms with E-state index < -0.39 is 55.3 Å². The topological polar surface area (TPSA) is 110 Å². The summed E-state index contributed by atoms with van der Waals surface area (Å²) in [5, 5.41) is 16.9. The number of hydrogen-bond donors (Lipinski definition) is 1. The number of nitriles is 1. The molecule has 0 radical (unpaired) electrons. The van der Waals surface area contributed by atoms with Gasteiger partial charge in [-0.2, -0.15) is 18.4 Å². The van der Waals surface area contributed by atoms with Gasteiger partial charge in [0.15, 0.2) is 0 Å². The number of benzene rings is 2. The number of hydrogen-bond acceptors (Lipinski definition) is 5. The quantitative estimate of drug-likeness (QED) is 0.637. The van der Waals surface area contributed by atoms with E-state index in [1.54, 1.807) is 0 Å². The van der Waals surface area contributed by atoms with Gasteiger partial charge in [-0.1, -0.05) is 17.3 Å². The highest BCUT2D eigenvalue weighted by molar-refractivity contribution is 7.89. The Morgan fingerprint density at radius 3 is 2.21 bits per heavy atom. The second-order valence-electron chi connectivity index (χ2n) is 5.73. The van der Waals surface area contributed by atoms with Crippen molar-refractivity contribution in [2.24, 2.45) is 5.14 Å². The summed E-state index contributed by atoms with van der Waals surface area (Å²) < 4.78 is 95.8. The average Bonchev–Trinajstić information content (AvgIpc) is 3.07. The zero-order valence-corrected chi connectivity index (χ0v) is 14.8. The number of rotatable bonds is 3. The first-order valence-corrected chi connectivity index (χ1v) is 9.07. The van der Waals surface area contributed by atoms with Gasteiger partial charge in [0.2, 0.25) is 15.8 Å². The minimum atomic E-state index is -5.12. The molecule has 0 aliphatic carbocycles. The standard InChI is InChI=1S/C17H8F5N3O3S/c18-11-6-13(29(24,26)27)12(19)5-10(11)14-15(25-28-16(14)17(20,21)22)9-3-1-8(7-23)2-4-9/h1-6H,(H2,24,26,27). The molecule has 1 heterocycles. The molecule has 0 fully saturated rings. The molecule has 3 aromatic rings. The van der Waals surface area contributed by atoms with Gasteiger partial charge in [0.1, 0.15) is 22.2 Å². The lowest BCUT2D eigenvalue weighted by Gasteiger charge is -2.10. The molecular formula is C17H8F5N3O3S. The van der Waals surface area contributed by atoms with Gasteiger partial charge in [-0.25, -0.2) is 22.3 Å². The molecule has 150 valence electrons. The molecule has 0 saturated carbocycles. The van der Waals surface area contributed by atoms with Crippen molar-refractivity contribution in [1.82, 2.24) is 5.16 Å². The SMILES string of the molecule is N#Cc1ccc(-c2noc(C(F)(F)F)c2-c2cc(F)c(S(N)(=O)=O)cc2F)cc1.